The van der Waals surface area contributed by atoms with Crippen LogP contribution in [0.15, 0.2) is 36.9 Å². The lowest BCUT2D eigenvalue weighted by Gasteiger charge is -2.14. The molecule has 0 aromatic heterocycles. The zero-order chi connectivity index (χ0) is 15.9. The molecule has 1 atom stereocenters. The van der Waals surface area contributed by atoms with E-state index >= 15 is 0 Å². The Bertz CT molecular complexity index is 399. The summed E-state index contributed by atoms with van der Waals surface area (Å²) in [7, 11) is 3.15. The Labute approximate surface area is 125 Å². The van der Waals surface area contributed by atoms with E-state index in [-0.39, 0.29) is 6.61 Å². The lowest BCUT2D eigenvalue weighted by molar-refractivity contribution is -0.109. The van der Waals surface area contributed by atoms with E-state index in [2.05, 4.69) is 17.2 Å². The minimum Gasteiger partial charge on any atom is -0.493 e. The highest BCUT2D eigenvalue weighted by Gasteiger charge is 2.07. The number of rotatable bonds is 9. The van der Waals surface area contributed by atoms with Gasteiger partial charge < -0.3 is 25.2 Å². The van der Waals surface area contributed by atoms with Crippen LogP contribution in [0.25, 0.3) is 0 Å². The summed E-state index contributed by atoms with van der Waals surface area (Å²) in [6.07, 6.45) is 1.81. The maximum Gasteiger partial charge on any atom is 0.206 e. The van der Waals surface area contributed by atoms with Gasteiger partial charge >= 0.3 is 0 Å². The Balaban J connectivity index is 0.000000885. The molecular formula is C15H24N2O4. The molecule has 0 radical (unpaired) electrons. The second kappa shape index (κ2) is 13.0. The monoisotopic (exact) mass is 296 g/mol. The Kier molecular flexibility index (Phi) is 11.7. The summed E-state index contributed by atoms with van der Waals surface area (Å²) in [5.74, 6) is 1.30. The fourth-order valence-electron chi connectivity index (χ4n) is 1.33. The number of carbonyl (C=O) groups is 1. The van der Waals surface area contributed by atoms with Crippen molar-refractivity contribution in [2.24, 2.45) is 0 Å². The molecule has 1 unspecified atom stereocenters. The van der Waals surface area contributed by atoms with Crippen molar-refractivity contribution in [3.8, 4) is 11.5 Å². The molecule has 0 heterocycles. The number of aliphatic hydroxyl groups excluding tert-OH is 1. The minimum absolute atomic E-state index is 0.227. The average molecular weight is 296 g/mol. The number of para-hydroxylation sites is 2. The molecule has 1 amide bonds. The van der Waals surface area contributed by atoms with Crippen LogP contribution in [0, 0.1) is 0 Å². The molecule has 6 nitrogen and oxygen atoms in total. The SMILES string of the molecule is C=CCNCC(O)COc1ccccc1OC.CNC=O. The van der Waals surface area contributed by atoms with Crippen molar-refractivity contribution in [1.29, 1.82) is 0 Å². The minimum atomic E-state index is -0.556. The van der Waals surface area contributed by atoms with Crippen LogP contribution in [-0.4, -0.2) is 51.5 Å². The van der Waals surface area contributed by atoms with Gasteiger partial charge in [-0.2, -0.15) is 0 Å². The third-order valence-electron chi connectivity index (χ3n) is 2.29. The number of aliphatic hydroxyl groups is 1. The van der Waals surface area contributed by atoms with E-state index in [1.54, 1.807) is 20.2 Å². The van der Waals surface area contributed by atoms with E-state index in [1.165, 1.54) is 0 Å². The van der Waals surface area contributed by atoms with Crippen molar-refractivity contribution < 1.29 is 19.4 Å². The highest BCUT2D eigenvalue weighted by atomic mass is 16.5. The molecule has 0 bridgehead atoms. The van der Waals surface area contributed by atoms with E-state index < -0.39 is 6.10 Å². The van der Waals surface area contributed by atoms with Gasteiger partial charge in [-0.1, -0.05) is 18.2 Å². The van der Waals surface area contributed by atoms with E-state index in [0.29, 0.717) is 31.0 Å². The largest absolute Gasteiger partial charge is 0.493 e. The number of nitrogens with one attached hydrogen (secondary N) is 2. The van der Waals surface area contributed by atoms with Crippen LogP contribution in [0.3, 0.4) is 0 Å². The summed E-state index contributed by atoms with van der Waals surface area (Å²) in [6, 6.07) is 7.36. The summed E-state index contributed by atoms with van der Waals surface area (Å²) in [5.41, 5.74) is 0. The molecule has 0 saturated heterocycles. The summed E-state index contributed by atoms with van der Waals surface area (Å²) in [6.45, 7) is 4.95. The molecule has 0 spiro atoms. The highest BCUT2D eigenvalue weighted by molar-refractivity contribution is 5.44. The molecule has 0 saturated carbocycles. The summed E-state index contributed by atoms with van der Waals surface area (Å²) < 4.78 is 10.6. The Morgan fingerprint density at radius 2 is 2.00 bits per heavy atom. The first-order chi connectivity index (χ1) is 10.2. The maximum atomic E-state index is 9.64. The van der Waals surface area contributed by atoms with Crippen LogP contribution < -0.4 is 20.1 Å². The number of ether oxygens (including phenoxy) is 2. The molecule has 1 rings (SSSR count). The second-order valence-electron chi connectivity index (χ2n) is 3.97. The standard InChI is InChI=1S/C13H19NO3.C2H5NO/c1-3-8-14-9-11(15)10-17-13-7-5-4-6-12(13)16-2;1-3-2-4/h3-7,11,14-15H,1,8-10H2,2H3;2H,1H3,(H,3,4). The lowest BCUT2D eigenvalue weighted by Crippen LogP contribution is -2.31. The van der Waals surface area contributed by atoms with E-state index in [9.17, 15) is 5.11 Å². The third-order valence-corrected chi connectivity index (χ3v) is 2.29. The summed E-state index contributed by atoms with van der Waals surface area (Å²) in [4.78, 5) is 9.06. The fraction of sp³-hybridized carbons (Fsp3) is 0.400. The van der Waals surface area contributed by atoms with E-state index in [4.69, 9.17) is 14.3 Å². The number of benzene rings is 1. The average Bonchev–Trinajstić information content (AvgIpc) is 2.53. The van der Waals surface area contributed by atoms with Gasteiger partial charge in [-0.3, -0.25) is 4.79 Å². The molecule has 0 aliphatic rings. The van der Waals surface area contributed by atoms with Crippen LogP contribution in [0.2, 0.25) is 0 Å². The van der Waals surface area contributed by atoms with Crippen LogP contribution >= 0.6 is 0 Å². The van der Waals surface area contributed by atoms with Gasteiger partial charge in [0.25, 0.3) is 0 Å². The normalized spacial score (nSPS) is 10.6. The highest BCUT2D eigenvalue weighted by Crippen LogP contribution is 2.25. The number of methoxy groups -OCH3 is 1. The Morgan fingerprint density at radius 3 is 2.52 bits per heavy atom. The molecule has 0 aliphatic carbocycles. The smallest absolute Gasteiger partial charge is 0.206 e. The number of amides is 1. The molecular weight excluding hydrogens is 272 g/mol. The van der Waals surface area contributed by atoms with Crippen molar-refractivity contribution in [2.45, 2.75) is 6.10 Å². The predicted molar refractivity (Wildman–Crippen MR) is 82.7 cm³/mol. The molecule has 0 aliphatic heterocycles. The van der Waals surface area contributed by atoms with Gasteiger partial charge in [0.2, 0.25) is 6.41 Å². The van der Waals surface area contributed by atoms with Crippen LogP contribution in [0.4, 0.5) is 0 Å². The first-order valence-corrected chi connectivity index (χ1v) is 6.56. The van der Waals surface area contributed by atoms with Gasteiger partial charge in [-0.15, -0.1) is 6.58 Å². The van der Waals surface area contributed by atoms with Crippen LogP contribution in [-0.2, 0) is 4.79 Å². The van der Waals surface area contributed by atoms with Crippen molar-refractivity contribution in [2.75, 3.05) is 33.9 Å². The molecule has 118 valence electrons. The number of hydrogen-bond donors (Lipinski definition) is 3. The van der Waals surface area contributed by atoms with E-state index in [0.717, 1.165) is 0 Å². The predicted octanol–water partition coefficient (Wildman–Crippen LogP) is 0.573. The van der Waals surface area contributed by atoms with E-state index in [1.807, 2.05) is 24.3 Å². The Morgan fingerprint density at radius 1 is 1.38 bits per heavy atom. The van der Waals surface area contributed by atoms with Gasteiger partial charge in [0.15, 0.2) is 11.5 Å². The number of carbonyl (C=O) groups excluding carboxylic acids is 1. The zero-order valence-corrected chi connectivity index (χ0v) is 12.5. The van der Waals surface area contributed by atoms with Crippen LogP contribution in [0.1, 0.15) is 0 Å². The molecule has 1 aromatic rings. The molecule has 6 heteroatoms. The Hall–Kier alpha value is -2.05. The second-order valence-corrected chi connectivity index (χ2v) is 3.97. The van der Waals surface area contributed by atoms with Crippen molar-refractivity contribution in [1.82, 2.24) is 10.6 Å². The summed E-state index contributed by atoms with van der Waals surface area (Å²) in [5, 5.41) is 14.9. The molecule has 21 heavy (non-hydrogen) atoms. The topological polar surface area (TPSA) is 79.8 Å². The van der Waals surface area contributed by atoms with Gasteiger partial charge in [0, 0.05) is 20.1 Å². The first-order valence-electron chi connectivity index (χ1n) is 6.56. The van der Waals surface area contributed by atoms with Gasteiger partial charge in [0.1, 0.15) is 12.7 Å². The van der Waals surface area contributed by atoms with Gasteiger partial charge in [-0.25, -0.2) is 0 Å². The number of hydrogen-bond acceptors (Lipinski definition) is 5. The van der Waals surface area contributed by atoms with Gasteiger partial charge in [0.05, 0.1) is 7.11 Å². The molecule has 1 aromatic carbocycles. The quantitative estimate of drug-likeness (QED) is 0.353. The molecule has 0 fully saturated rings. The van der Waals surface area contributed by atoms with Gasteiger partial charge in [-0.05, 0) is 12.1 Å². The maximum absolute atomic E-state index is 9.64. The fourth-order valence-corrected chi connectivity index (χ4v) is 1.33. The lowest BCUT2D eigenvalue weighted by atomic mass is 10.3. The zero-order valence-electron chi connectivity index (χ0n) is 12.5. The summed E-state index contributed by atoms with van der Waals surface area (Å²) >= 11 is 0. The van der Waals surface area contributed by atoms with Crippen LogP contribution in [0.5, 0.6) is 11.5 Å². The third kappa shape index (κ3) is 9.48. The first kappa shape index (κ1) is 18.9. The van der Waals surface area contributed by atoms with Crippen molar-refractivity contribution in [3.63, 3.8) is 0 Å². The molecule has 3 N–H and O–H groups in total. The van der Waals surface area contributed by atoms with Crippen molar-refractivity contribution in [3.05, 3.63) is 36.9 Å². The van der Waals surface area contributed by atoms with Crippen molar-refractivity contribution >= 4 is 6.41 Å².